The van der Waals surface area contributed by atoms with E-state index in [9.17, 15) is 4.79 Å². The van der Waals surface area contributed by atoms with Crippen LogP contribution in [0.5, 0.6) is 0 Å². The molecule has 0 spiro atoms. The second-order valence-corrected chi connectivity index (χ2v) is 4.03. The number of aryl methyl sites for hydroxylation is 1. The Bertz CT molecular complexity index is 561. The summed E-state index contributed by atoms with van der Waals surface area (Å²) in [6, 6.07) is 3.54. The largest absolute Gasteiger partial charge is 0.396 e. The third-order valence-electron chi connectivity index (χ3n) is 2.68. The molecule has 0 aliphatic heterocycles. The predicted octanol–water partition coefficient (Wildman–Crippen LogP) is 1.12. The first-order valence-corrected chi connectivity index (χ1v) is 5.57. The maximum absolute atomic E-state index is 11.8. The number of carbonyl (C=O) groups excluding carboxylic acids is 1. The summed E-state index contributed by atoms with van der Waals surface area (Å²) in [6.07, 6.45) is 3.24. The Hall–Kier alpha value is -2.37. The molecule has 0 aliphatic carbocycles. The first-order chi connectivity index (χ1) is 8.58. The monoisotopic (exact) mass is 245 g/mol. The molecule has 18 heavy (non-hydrogen) atoms. The Labute approximate surface area is 105 Å². The second-order valence-electron chi connectivity index (χ2n) is 4.03. The number of nitrogens with two attached hydrogens (primary N) is 1. The van der Waals surface area contributed by atoms with Crippen molar-refractivity contribution in [3.05, 3.63) is 35.9 Å². The first kappa shape index (κ1) is 12.1. The number of nitrogens with zero attached hydrogens (tertiary/aromatic N) is 3. The SMILES string of the molecule is Cc1nn(CC(=O)Nc2cccnc2)c(C)c1N. The van der Waals surface area contributed by atoms with Crippen molar-refractivity contribution in [3.63, 3.8) is 0 Å². The maximum atomic E-state index is 11.8. The molecule has 0 bridgehead atoms. The lowest BCUT2D eigenvalue weighted by Gasteiger charge is -2.06. The van der Waals surface area contributed by atoms with Crippen LogP contribution in [0, 0.1) is 13.8 Å². The molecular weight excluding hydrogens is 230 g/mol. The summed E-state index contributed by atoms with van der Waals surface area (Å²) in [5, 5.41) is 6.95. The summed E-state index contributed by atoms with van der Waals surface area (Å²) >= 11 is 0. The molecule has 94 valence electrons. The number of amides is 1. The Balaban J connectivity index is 2.06. The van der Waals surface area contributed by atoms with Gasteiger partial charge in [0, 0.05) is 6.20 Å². The predicted molar refractivity (Wildman–Crippen MR) is 69.0 cm³/mol. The van der Waals surface area contributed by atoms with Gasteiger partial charge in [-0.3, -0.25) is 14.5 Å². The van der Waals surface area contributed by atoms with Gasteiger partial charge >= 0.3 is 0 Å². The molecule has 0 aliphatic rings. The van der Waals surface area contributed by atoms with Crippen LogP contribution < -0.4 is 11.1 Å². The van der Waals surface area contributed by atoms with Crippen LogP contribution in [0.3, 0.4) is 0 Å². The van der Waals surface area contributed by atoms with Gasteiger partial charge in [0.1, 0.15) is 6.54 Å². The third kappa shape index (κ3) is 2.48. The molecular formula is C12H15N5O. The van der Waals surface area contributed by atoms with Gasteiger partial charge in [-0.2, -0.15) is 5.10 Å². The smallest absolute Gasteiger partial charge is 0.246 e. The van der Waals surface area contributed by atoms with Gasteiger partial charge in [0.15, 0.2) is 0 Å². The molecule has 0 saturated heterocycles. The van der Waals surface area contributed by atoms with Crippen LogP contribution in [-0.4, -0.2) is 20.7 Å². The topological polar surface area (TPSA) is 85.8 Å². The van der Waals surface area contributed by atoms with Crippen LogP contribution in [0.15, 0.2) is 24.5 Å². The van der Waals surface area contributed by atoms with Crippen LogP contribution in [0.25, 0.3) is 0 Å². The maximum Gasteiger partial charge on any atom is 0.246 e. The fourth-order valence-electron chi connectivity index (χ4n) is 1.64. The highest BCUT2D eigenvalue weighted by Gasteiger charge is 2.11. The Morgan fingerprint density at radius 2 is 2.28 bits per heavy atom. The normalized spacial score (nSPS) is 10.3. The number of hydrogen-bond donors (Lipinski definition) is 2. The van der Waals surface area contributed by atoms with E-state index in [1.165, 1.54) is 0 Å². The summed E-state index contributed by atoms with van der Waals surface area (Å²) in [7, 11) is 0. The number of anilines is 2. The van der Waals surface area contributed by atoms with Crippen molar-refractivity contribution in [2.45, 2.75) is 20.4 Å². The molecule has 0 fully saturated rings. The van der Waals surface area contributed by atoms with E-state index in [-0.39, 0.29) is 12.5 Å². The Morgan fingerprint density at radius 3 is 2.83 bits per heavy atom. The Morgan fingerprint density at radius 1 is 1.50 bits per heavy atom. The van der Waals surface area contributed by atoms with Crippen molar-refractivity contribution < 1.29 is 4.79 Å². The van der Waals surface area contributed by atoms with Crippen molar-refractivity contribution >= 4 is 17.3 Å². The van der Waals surface area contributed by atoms with E-state index in [4.69, 9.17) is 5.73 Å². The lowest BCUT2D eigenvalue weighted by atomic mass is 10.3. The van der Waals surface area contributed by atoms with Gasteiger partial charge in [-0.25, -0.2) is 0 Å². The van der Waals surface area contributed by atoms with Crippen molar-refractivity contribution in [2.75, 3.05) is 11.1 Å². The van der Waals surface area contributed by atoms with Gasteiger partial charge in [0.25, 0.3) is 0 Å². The van der Waals surface area contributed by atoms with E-state index in [1.807, 2.05) is 13.8 Å². The van der Waals surface area contributed by atoms with Crippen LogP contribution in [0.4, 0.5) is 11.4 Å². The number of hydrogen-bond acceptors (Lipinski definition) is 4. The molecule has 2 heterocycles. The molecule has 2 rings (SSSR count). The fourth-order valence-corrected chi connectivity index (χ4v) is 1.64. The van der Waals surface area contributed by atoms with Crippen molar-refractivity contribution in [1.29, 1.82) is 0 Å². The van der Waals surface area contributed by atoms with Gasteiger partial charge in [-0.15, -0.1) is 0 Å². The van der Waals surface area contributed by atoms with Crippen LogP contribution in [0.1, 0.15) is 11.4 Å². The molecule has 3 N–H and O–H groups in total. The zero-order chi connectivity index (χ0) is 13.1. The molecule has 6 heteroatoms. The summed E-state index contributed by atoms with van der Waals surface area (Å²) in [5.41, 5.74) is 8.64. The molecule has 2 aromatic heterocycles. The molecule has 0 atom stereocenters. The van der Waals surface area contributed by atoms with Crippen LogP contribution in [-0.2, 0) is 11.3 Å². The fraction of sp³-hybridized carbons (Fsp3) is 0.250. The van der Waals surface area contributed by atoms with Gasteiger partial charge in [-0.1, -0.05) is 0 Å². The molecule has 1 amide bonds. The van der Waals surface area contributed by atoms with Gasteiger partial charge < -0.3 is 11.1 Å². The van der Waals surface area contributed by atoms with Crippen molar-refractivity contribution in [2.24, 2.45) is 0 Å². The highest BCUT2D eigenvalue weighted by Crippen LogP contribution is 2.14. The van der Waals surface area contributed by atoms with Crippen LogP contribution in [0.2, 0.25) is 0 Å². The Kier molecular flexibility index (Phi) is 3.27. The number of rotatable bonds is 3. The van der Waals surface area contributed by atoms with E-state index >= 15 is 0 Å². The van der Waals surface area contributed by atoms with E-state index in [0.717, 1.165) is 11.4 Å². The summed E-state index contributed by atoms with van der Waals surface area (Å²) in [4.78, 5) is 15.7. The molecule has 6 nitrogen and oxygen atoms in total. The molecule has 0 radical (unpaired) electrons. The minimum Gasteiger partial charge on any atom is -0.396 e. The second kappa shape index (κ2) is 4.87. The molecule has 0 saturated carbocycles. The molecule has 0 unspecified atom stereocenters. The number of nitrogens with one attached hydrogen (secondary N) is 1. The summed E-state index contributed by atoms with van der Waals surface area (Å²) in [6.45, 7) is 3.79. The minimum atomic E-state index is -0.159. The third-order valence-corrected chi connectivity index (χ3v) is 2.68. The van der Waals surface area contributed by atoms with Crippen LogP contribution >= 0.6 is 0 Å². The van der Waals surface area contributed by atoms with E-state index < -0.39 is 0 Å². The summed E-state index contributed by atoms with van der Waals surface area (Å²) < 4.78 is 1.59. The number of carbonyl (C=O) groups is 1. The molecule has 0 aromatic carbocycles. The summed E-state index contributed by atoms with van der Waals surface area (Å²) in [5.74, 6) is -0.159. The highest BCUT2D eigenvalue weighted by atomic mass is 16.2. The average Bonchev–Trinajstić information content (AvgIpc) is 2.58. The van der Waals surface area contributed by atoms with E-state index in [2.05, 4.69) is 15.4 Å². The lowest BCUT2D eigenvalue weighted by Crippen LogP contribution is -2.20. The van der Waals surface area contributed by atoms with Crippen molar-refractivity contribution in [3.8, 4) is 0 Å². The van der Waals surface area contributed by atoms with E-state index in [1.54, 1.807) is 29.2 Å². The standard InChI is InChI=1S/C12H15N5O/c1-8-12(13)9(2)17(16-8)7-11(18)15-10-4-3-5-14-6-10/h3-6H,7,13H2,1-2H3,(H,15,18). The zero-order valence-electron chi connectivity index (χ0n) is 10.3. The lowest BCUT2D eigenvalue weighted by molar-refractivity contribution is -0.116. The molecule has 2 aromatic rings. The van der Waals surface area contributed by atoms with Gasteiger partial charge in [0.05, 0.1) is 29.0 Å². The minimum absolute atomic E-state index is 0.138. The first-order valence-electron chi connectivity index (χ1n) is 5.57. The number of nitrogen functional groups attached to an aromatic ring is 1. The number of pyridine rings is 1. The number of aromatic nitrogens is 3. The highest BCUT2D eigenvalue weighted by molar-refractivity contribution is 5.90. The van der Waals surface area contributed by atoms with Gasteiger partial charge in [0.2, 0.25) is 5.91 Å². The zero-order valence-corrected chi connectivity index (χ0v) is 10.3. The van der Waals surface area contributed by atoms with Crippen molar-refractivity contribution in [1.82, 2.24) is 14.8 Å². The quantitative estimate of drug-likeness (QED) is 0.848. The van der Waals surface area contributed by atoms with Gasteiger partial charge in [-0.05, 0) is 26.0 Å². The van der Waals surface area contributed by atoms with E-state index in [0.29, 0.717) is 11.4 Å². The average molecular weight is 245 g/mol.